The zero-order valence-corrected chi connectivity index (χ0v) is 13.0. The fourth-order valence-corrected chi connectivity index (χ4v) is 2.18. The van der Waals surface area contributed by atoms with Crippen LogP contribution in [0.5, 0.6) is 0 Å². The lowest BCUT2D eigenvalue weighted by Crippen LogP contribution is -2.15. The summed E-state index contributed by atoms with van der Waals surface area (Å²) in [5.41, 5.74) is 1.93. The van der Waals surface area contributed by atoms with Gasteiger partial charge in [0.2, 0.25) is 0 Å². The minimum Gasteiger partial charge on any atom is -0.464 e. The maximum atomic E-state index is 12.4. The first-order valence-corrected chi connectivity index (χ1v) is 7.59. The Kier molecular flexibility index (Phi) is 5.73. The minimum absolute atomic E-state index is 0.0659. The average Bonchev–Trinajstić information content (AvgIpc) is 2.59. The van der Waals surface area contributed by atoms with Gasteiger partial charge in [0.15, 0.2) is 5.78 Å². The van der Waals surface area contributed by atoms with Crippen LogP contribution in [0.2, 0.25) is 0 Å². The molecule has 0 aliphatic heterocycles. The number of esters is 1. The molecule has 0 heterocycles. The molecule has 2 aromatic rings. The van der Waals surface area contributed by atoms with Gasteiger partial charge in [0.1, 0.15) is 6.61 Å². The van der Waals surface area contributed by atoms with Crippen LogP contribution in [0.3, 0.4) is 0 Å². The van der Waals surface area contributed by atoms with Gasteiger partial charge in [-0.15, -0.1) is 11.6 Å². The summed E-state index contributed by atoms with van der Waals surface area (Å²) in [6.45, 7) is 1.94. The number of ether oxygens (including phenoxy) is 1. The molecule has 22 heavy (non-hydrogen) atoms. The second-order valence-corrected chi connectivity index (χ2v) is 5.28. The zero-order valence-electron chi connectivity index (χ0n) is 12.3. The quantitative estimate of drug-likeness (QED) is 0.462. The number of carbonyl (C=O) groups excluding carboxylic acids is 2. The van der Waals surface area contributed by atoms with Gasteiger partial charge in [-0.25, -0.2) is 0 Å². The van der Waals surface area contributed by atoms with E-state index in [0.29, 0.717) is 11.1 Å². The fraction of sp³-hybridized carbons (Fsp3) is 0.222. The van der Waals surface area contributed by atoms with E-state index < -0.39 is 5.92 Å². The van der Waals surface area contributed by atoms with E-state index in [-0.39, 0.29) is 24.2 Å². The molecule has 0 N–H and O–H groups in total. The molecule has 2 rings (SSSR count). The van der Waals surface area contributed by atoms with Crippen molar-refractivity contribution in [2.75, 3.05) is 12.5 Å². The molecule has 0 aliphatic carbocycles. The van der Waals surface area contributed by atoms with Crippen molar-refractivity contribution in [3.63, 3.8) is 0 Å². The van der Waals surface area contributed by atoms with Gasteiger partial charge in [-0.2, -0.15) is 0 Å². The third kappa shape index (κ3) is 3.95. The van der Waals surface area contributed by atoms with Gasteiger partial charge in [-0.1, -0.05) is 48.5 Å². The van der Waals surface area contributed by atoms with Crippen molar-refractivity contribution in [2.45, 2.75) is 12.8 Å². The van der Waals surface area contributed by atoms with Gasteiger partial charge in [-0.3, -0.25) is 9.59 Å². The highest BCUT2D eigenvalue weighted by atomic mass is 35.5. The summed E-state index contributed by atoms with van der Waals surface area (Å²) in [7, 11) is 0. The number of benzene rings is 2. The summed E-state index contributed by atoms with van der Waals surface area (Å²) in [5.74, 6) is -0.578. The van der Waals surface area contributed by atoms with E-state index in [4.69, 9.17) is 16.3 Å². The molecule has 0 aliphatic rings. The molecule has 0 radical (unpaired) electrons. The van der Waals surface area contributed by atoms with E-state index in [2.05, 4.69) is 0 Å². The highest BCUT2D eigenvalue weighted by molar-refractivity contribution is 6.18. The molecular weight excluding hydrogens is 300 g/mol. The topological polar surface area (TPSA) is 43.4 Å². The molecule has 0 saturated carbocycles. The highest BCUT2D eigenvalue weighted by Crippen LogP contribution is 2.20. The minimum atomic E-state index is -0.438. The number of hydrogen-bond acceptors (Lipinski definition) is 3. The Morgan fingerprint density at radius 3 is 2.41 bits per heavy atom. The number of halogens is 1. The van der Waals surface area contributed by atoms with E-state index in [1.165, 1.54) is 0 Å². The molecule has 4 heteroatoms. The van der Waals surface area contributed by atoms with Gasteiger partial charge in [-0.05, 0) is 18.6 Å². The monoisotopic (exact) mass is 316 g/mol. The standard InChI is InChI=1S/C18H17ClO3/c1-13(18(21)22-11-10-19)15-8-5-9-16(12-15)17(20)14-6-3-2-4-7-14/h2-9,12-13H,10-11H2,1H3. The fourth-order valence-electron chi connectivity index (χ4n) is 2.11. The Labute approximate surface area is 134 Å². The maximum Gasteiger partial charge on any atom is 0.313 e. The predicted molar refractivity (Wildman–Crippen MR) is 86.4 cm³/mol. The Morgan fingerprint density at radius 1 is 1.05 bits per heavy atom. The third-order valence-electron chi connectivity index (χ3n) is 3.36. The molecule has 0 fully saturated rings. The van der Waals surface area contributed by atoms with Gasteiger partial charge in [0.05, 0.1) is 11.8 Å². The normalized spacial score (nSPS) is 11.7. The lowest BCUT2D eigenvalue weighted by molar-refractivity contribution is -0.144. The number of rotatable bonds is 6. The Bertz CT molecular complexity index is 652. The Hall–Kier alpha value is -2.13. The molecule has 0 amide bonds. The summed E-state index contributed by atoms with van der Waals surface area (Å²) < 4.78 is 5.04. The lowest BCUT2D eigenvalue weighted by Gasteiger charge is -2.12. The van der Waals surface area contributed by atoms with Gasteiger partial charge >= 0.3 is 5.97 Å². The van der Waals surface area contributed by atoms with Crippen LogP contribution in [0.25, 0.3) is 0 Å². The van der Waals surface area contributed by atoms with E-state index in [1.807, 2.05) is 24.3 Å². The van der Waals surface area contributed by atoms with Crippen LogP contribution in [0.1, 0.15) is 34.3 Å². The van der Waals surface area contributed by atoms with Crippen molar-refractivity contribution < 1.29 is 14.3 Å². The zero-order chi connectivity index (χ0) is 15.9. The molecule has 1 atom stereocenters. The molecule has 0 bridgehead atoms. The summed E-state index contributed by atoms with van der Waals surface area (Å²) in [6.07, 6.45) is 0. The van der Waals surface area contributed by atoms with Crippen LogP contribution in [0.4, 0.5) is 0 Å². The molecule has 2 aromatic carbocycles. The second kappa shape index (κ2) is 7.76. The number of carbonyl (C=O) groups is 2. The third-order valence-corrected chi connectivity index (χ3v) is 3.51. The van der Waals surface area contributed by atoms with E-state index in [1.54, 1.807) is 37.3 Å². The van der Waals surface area contributed by atoms with Crippen LogP contribution in [-0.2, 0) is 9.53 Å². The number of hydrogen-bond donors (Lipinski definition) is 0. The Balaban J connectivity index is 2.20. The van der Waals surface area contributed by atoms with Crippen molar-refractivity contribution >= 4 is 23.4 Å². The molecule has 0 spiro atoms. The molecular formula is C18H17ClO3. The predicted octanol–water partition coefficient (Wildman–Crippen LogP) is 3.80. The summed E-state index contributed by atoms with van der Waals surface area (Å²) in [6, 6.07) is 16.1. The lowest BCUT2D eigenvalue weighted by atomic mass is 9.96. The first kappa shape index (κ1) is 16.2. The summed E-state index contributed by atoms with van der Waals surface area (Å²) in [4.78, 5) is 24.3. The van der Waals surface area contributed by atoms with Crippen molar-refractivity contribution in [3.05, 3.63) is 71.3 Å². The van der Waals surface area contributed by atoms with Crippen LogP contribution < -0.4 is 0 Å². The van der Waals surface area contributed by atoms with E-state index in [0.717, 1.165) is 5.56 Å². The molecule has 0 saturated heterocycles. The largest absolute Gasteiger partial charge is 0.464 e. The number of ketones is 1. The maximum absolute atomic E-state index is 12.4. The van der Waals surface area contributed by atoms with Crippen molar-refractivity contribution in [2.24, 2.45) is 0 Å². The summed E-state index contributed by atoms with van der Waals surface area (Å²) >= 11 is 5.51. The van der Waals surface area contributed by atoms with Gasteiger partial charge < -0.3 is 4.74 Å². The van der Waals surface area contributed by atoms with Crippen molar-refractivity contribution in [3.8, 4) is 0 Å². The smallest absolute Gasteiger partial charge is 0.313 e. The van der Waals surface area contributed by atoms with E-state index >= 15 is 0 Å². The Morgan fingerprint density at radius 2 is 1.73 bits per heavy atom. The van der Waals surface area contributed by atoms with Crippen molar-refractivity contribution in [1.82, 2.24) is 0 Å². The summed E-state index contributed by atoms with van der Waals surface area (Å²) in [5, 5.41) is 0. The number of alkyl halides is 1. The molecule has 114 valence electrons. The van der Waals surface area contributed by atoms with Crippen LogP contribution >= 0.6 is 11.6 Å². The van der Waals surface area contributed by atoms with Gasteiger partial charge in [0.25, 0.3) is 0 Å². The van der Waals surface area contributed by atoms with Gasteiger partial charge in [0, 0.05) is 11.1 Å². The van der Waals surface area contributed by atoms with Crippen LogP contribution in [-0.4, -0.2) is 24.2 Å². The average molecular weight is 317 g/mol. The second-order valence-electron chi connectivity index (χ2n) is 4.90. The molecule has 3 nitrogen and oxygen atoms in total. The van der Waals surface area contributed by atoms with Crippen molar-refractivity contribution in [1.29, 1.82) is 0 Å². The van der Waals surface area contributed by atoms with Crippen LogP contribution in [0, 0.1) is 0 Å². The highest BCUT2D eigenvalue weighted by Gasteiger charge is 2.18. The van der Waals surface area contributed by atoms with E-state index in [9.17, 15) is 9.59 Å². The molecule has 1 unspecified atom stereocenters. The van der Waals surface area contributed by atoms with Crippen LogP contribution in [0.15, 0.2) is 54.6 Å². The first-order valence-electron chi connectivity index (χ1n) is 7.06. The SMILES string of the molecule is CC(C(=O)OCCCl)c1cccc(C(=O)c2ccccc2)c1. The first-order chi connectivity index (χ1) is 10.6. The molecule has 0 aromatic heterocycles.